The number of amides is 1. The van der Waals surface area contributed by atoms with Crippen molar-refractivity contribution >= 4 is 45.6 Å². The van der Waals surface area contributed by atoms with E-state index in [0.717, 1.165) is 21.3 Å². The highest BCUT2D eigenvalue weighted by atomic mass is 127. The molecule has 0 bridgehead atoms. The van der Waals surface area contributed by atoms with Crippen molar-refractivity contribution in [2.24, 2.45) is 0 Å². The molecule has 0 unspecified atom stereocenters. The lowest BCUT2D eigenvalue weighted by atomic mass is 9.97. The van der Waals surface area contributed by atoms with Crippen molar-refractivity contribution in [1.29, 1.82) is 0 Å². The lowest BCUT2D eigenvalue weighted by Gasteiger charge is -2.06. The number of nitrogens with one attached hydrogen (secondary N) is 1. The van der Waals surface area contributed by atoms with E-state index in [9.17, 15) is 9.59 Å². The molecule has 1 aromatic carbocycles. The van der Waals surface area contributed by atoms with Crippen LogP contribution in [0.2, 0.25) is 0 Å². The fourth-order valence-corrected chi connectivity index (χ4v) is 3.65. The number of ketones is 1. The molecule has 2 heterocycles. The largest absolute Gasteiger partial charge is 0.352 e. The lowest BCUT2D eigenvalue weighted by molar-refractivity contribution is 0.0956. The highest BCUT2D eigenvalue weighted by Gasteiger charge is 2.18. The Morgan fingerprint density at radius 3 is 2.85 bits per heavy atom. The quantitative estimate of drug-likeness (QED) is 0.625. The van der Waals surface area contributed by atoms with Crippen molar-refractivity contribution in [2.75, 3.05) is 6.54 Å². The molecule has 0 saturated carbocycles. The number of aryl methyl sites for hydroxylation is 1. The van der Waals surface area contributed by atoms with Crippen molar-refractivity contribution in [3.05, 3.63) is 54.8 Å². The summed E-state index contributed by atoms with van der Waals surface area (Å²) in [5, 5.41) is 4.72. The summed E-state index contributed by atoms with van der Waals surface area (Å²) in [5.41, 5.74) is 2.93. The Kier molecular flexibility index (Phi) is 3.89. The maximum absolute atomic E-state index is 12.4. The predicted octanol–water partition coefficient (Wildman–Crippen LogP) is 3.26. The van der Waals surface area contributed by atoms with Gasteiger partial charge in [0.1, 0.15) is 0 Å². The first-order valence-corrected chi connectivity index (χ1v) is 8.31. The van der Waals surface area contributed by atoms with Crippen LogP contribution in [-0.2, 0) is 6.42 Å². The molecular weight excluding hydrogens is 385 g/mol. The molecule has 20 heavy (non-hydrogen) atoms. The topological polar surface area (TPSA) is 46.2 Å². The monoisotopic (exact) mass is 397 g/mol. The number of rotatable bonds is 2. The molecule has 102 valence electrons. The summed E-state index contributed by atoms with van der Waals surface area (Å²) >= 11 is 3.75. The second-order valence-corrected chi connectivity index (χ2v) is 7.51. The van der Waals surface area contributed by atoms with Crippen LogP contribution in [0.3, 0.4) is 0 Å². The zero-order valence-corrected chi connectivity index (χ0v) is 13.6. The van der Waals surface area contributed by atoms with Gasteiger partial charge in [-0.3, -0.25) is 9.59 Å². The number of benzene rings is 1. The van der Waals surface area contributed by atoms with E-state index in [1.54, 1.807) is 17.4 Å². The number of halogens is 1. The minimum absolute atomic E-state index is 0.0241. The molecule has 1 amide bonds. The van der Waals surface area contributed by atoms with Gasteiger partial charge in [-0.25, -0.2) is 0 Å². The molecule has 0 saturated heterocycles. The molecule has 0 spiro atoms. The van der Waals surface area contributed by atoms with Crippen molar-refractivity contribution < 1.29 is 9.59 Å². The third-order valence-electron chi connectivity index (χ3n) is 3.35. The molecule has 3 nitrogen and oxygen atoms in total. The second-order valence-electron chi connectivity index (χ2n) is 4.70. The Bertz CT molecular complexity index is 693. The van der Waals surface area contributed by atoms with Gasteiger partial charge in [0.25, 0.3) is 5.91 Å². The van der Waals surface area contributed by atoms with Crippen molar-refractivity contribution in [3.8, 4) is 0 Å². The molecule has 3 rings (SSSR count). The van der Waals surface area contributed by atoms with E-state index < -0.39 is 0 Å². The molecule has 0 fully saturated rings. The van der Waals surface area contributed by atoms with Crippen molar-refractivity contribution in [2.45, 2.75) is 12.8 Å². The van der Waals surface area contributed by atoms with Gasteiger partial charge in [0, 0.05) is 28.6 Å². The van der Waals surface area contributed by atoms with Crippen LogP contribution in [0.1, 0.15) is 38.3 Å². The van der Waals surface area contributed by atoms with E-state index >= 15 is 0 Å². The average molecular weight is 397 g/mol. The summed E-state index contributed by atoms with van der Waals surface area (Å²) in [6, 6.07) is 7.33. The first kappa shape index (κ1) is 13.8. The Morgan fingerprint density at radius 1 is 1.25 bits per heavy atom. The minimum atomic E-state index is -0.0768. The summed E-state index contributed by atoms with van der Waals surface area (Å²) in [4.78, 5) is 24.4. The smallest absolute Gasteiger partial charge is 0.251 e. The lowest BCUT2D eigenvalue weighted by Crippen LogP contribution is -2.22. The standard InChI is InChI=1S/C15H12INO2S/c16-13-7-11(8-20-13)14(18)10-4-3-9-2-1-5-17-15(19)12(9)6-10/h3-4,6-8H,1-2,5H2,(H,17,19). The van der Waals surface area contributed by atoms with E-state index in [0.29, 0.717) is 23.2 Å². The van der Waals surface area contributed by atoms with Crippen LogP contribution in [-0.4, -0.2) is 18.2 Å². The van der Waals surface area contributed by atoms with Crippen molar-refractivity contribution in [1.82, 2.24) is 5.32 Å². The van der Waals surface area contributed by atoms with Gasteiger partial charge >= 0.3 is 0 Å². The summed E-state index contributed by atoms with van der Waals surface area (Å²) < 4.78 is 1.08. The number of carbonyl (C=O) groups is 2. The highest BCUT2D eigenvalue weighted by molar-refractivity contribution is 14.1. The number of thiophene rings is 1. The van der Waals surface area contributed by atoms with Gasteiger partial charge in [-0.1, -0.05) is 12.1 Å². The first-order valence-electron chi connectivity index (χ1n) is 6.35. The number of carbonyl (C=O) groups excluding carboxylic acids is 2. The summed E-state index contributed by atoms with van der Waals surface area (Å²) in [5.74, 6) is -0.101. The maximum atomic E-state index is 12.4. The molecule has 0 radical (unpaired) electrons. The Balaban J connectivity index is 1.99. The Morgan fingerprint density at radius 2 is 2.10 bits per heavy atom. The molecule has 1 aromatic heterocycles. The van der Waals surface area contributed by atoms with Crippen LogP contribution in [0.15, 0.2) is 29.6 Å². The first-order chi connectivity index (χ1) is 9.65. The van der Waals surface area contributed by atoms with Crippen LogP contribution in [0.25, 0.3) is 0 Å². The summed E-state index contributed by atoms with van der Waals surface area (Å²) in [7, 11) is 0. The molecule has 0 aliphatic carbocycles. The number of hydrogen-bond donors (Lipinski definition) is 1. The molecule has 5 heteroatoms. The molecule has 2 aromatic rings. The minimum Gasteiger partial charge on any atom is -0.352 e. The van der Waals surface area contributed by atoms with E-state index in [4.69, 9.17) is 0 Å². The Hall–Kier alpha value is -1.21. The van der Waals surface area contributed by atoms with Crippen LogP contribution >= 0.6 is 33.9 Å². The van der Waals surface area contributed by atoms with Crippen LogP contribution in [0.5, 0.6) is 0 Å². The zero-order chi connectivity index (χ0) is 14.1. The van der Waals surface area contributed by atoms with Crippen LogP contribution in [0, 0.1) is 2.88 Å². The van der Waals surface area contributed by atoms with E-state index in [-0.39, 0.29) is 11.7 Å². The normalized spacial score (nSPS) is 14.3. The molecule has 1 aliphatic rings. The fraction of sp³-hybridized carbons (Fsp3) is 0.200. The third kappa shape index (κ3) is 2.64. The van der Waals surface area contributed by atoms with E-state index in [1.165, 1.54) is 0 Å². The average Bonchev–Trinajstić information content (AvgIpc) is 2.80. The fourth-order valence-electron chi connectivity index (χ4n) is 2.32. The zero-order valence-electron chi connectivity index (χ0n) is 10.6. The van der Waals surface area contributed by atoms with Gasteiger partial charge in [-0.2, -0.15) is 0 Å². The van der Waals surface area contributed by atoms with Gasteiger partial charge in [0.2, 0.25) is 0 Å². The molecule has 1 N–H and O–H groups in total. The summed E-state index contributed by atoms with van der Waals surface area (Å²) in [6.45, 7) is 0.694. The van der Waals surface area contributed by atoms with Crippen LogP contribution < -0.4 is 5.32 Å². The van der Waals surface area contributed by atoms with Gasteiger partial charge < -0.3 is 5.32 Å². The molecular formula is C15H12INO2S. The third-order valence-corrected chi connectivity index (χ3v) is 5.14. The molecule has 0 atom stereocenters. The van der Waals surface area contributed by atoms with Gasteiger partial charge in [-0.05, 0) is 53.1 Å². The van der Waals surface area contributed by atoms with Crippen molar-refractivity contribution in [3.63, 3.8) is 0 Å². The number of hydrogen-bond acceptors (Lipinski definition) is 3. The predicted molar refractivity (Wildman–Crippen MR) is 87.6 cm³/mol. The van der Waals surface area contributed by atoms with E-state index in [1.807, 2.05) is 23.6 Å². The summed E-state index contributed by atoms with van der Waals surface area (Å²) in [6.07, 6.45) is 1.81. The second kappa shape index (κ2) is 5.65. The van der Waals surface area contributed by atoms with E-state index in [2.05, 4.69) is 27.9 Å². The SMILES string of the molecule is O=C(c1csc(I)c1)c1ccc2c(c1)C(=O)NCCC2. The molecule has 1 aliphatic heterocycles. The van der Waals surface area contributed by atoms with Gasteiger partial charge in [0.15, 0.2) is 5.78 Å². The van der Waals surface area contributed by atoms with Gasteiger partial charge in [-0.15, -0.1) is 11.3 Å². The maximum Gasteiger partial charge on any atom is 0.251 e. The number of fused-ring (bicyclic) bond motifs is 1. The van der Waals surface area contributed by atoms with Crippen LogP contribution in [0.4, 0.5) is 0 Å². The highest BCUT2D eigenvalue weighted by Crippen LogP contribution is 2.22. The van der Waals surface area contributed by atoms with Gasteiger partial charge in [0.05, 0.1) is 2.88 Å². The Labute approximate surface area is 134 Å².